The Labute approximate surface area is 187 Å². The minimum absolute atomic E-state index is 0.192. The molecule has 2 saturated heterocycles. The Morgan fingerprint density at radius 3 is 1.35 bits per heavy atom. The average molecular weight is 489 g/mol. The van der Waals surface area contributed by atoms with Crippen molar-refractivity contribution in [2.24, 2.45) is 11.8 Å². The van der Waals surface area contributed by atoms with Crippen molar-refractivity contribution in [3.05, 3.63) is 0 Å². The van der Waals surface area contributed by atoms with Crippen molar-refractivity contribution in [1.29, 1.82) is 0 Å². The van der Waals surface area contributed by atoms with Gasteiger partial charge in [0.25, 0.3) is 0 Å². The molecular weight excluding hydrogens is 452 g/mol. The first-order valence-electron chi connectivity index (χ1n) is 11.1. The fourth-order valence-corrected chi connectivity index (χ4v) is 18.6. The minimum Gasteiger partial charge on any atom is -0.437 e. The first kappa shape index (κ1) is 26.1. The second-order valence-corrected chi connectivity index (χ2v) is 22.8. The van der Waals surface area contributed by atoms with E-state index in [0.29, 0.717) is 12.8 Å². The van der Waals surface area contributed by atoms with Crippen molar-refractivity contribution in [3.8, 4) is 0 Å². The number of carbonyl (C=O) groups excluding carboxylic acids is 4. The van der Waals surface area contributed by atoms with E-state index in [9.17, 15) is 19.2 Å². The molecule has 176 valence electrons. The number of ether oxygens (including phenoxy) is 2. The summed E-state index contributed by atoms with van der Waals surface area (Å²) in [6, 6.07) is 1.79. The van der Waals surface area contributed by atoms with Crippen LogP contribution in [0, 0.1) is 11.8 Å². The molecule has 0 amide bonds. The van der Waals surface area contributed by atoms with Crippen LogP contribution in [0.1, 0.15) is 38.5 Å². The van der Waals surface area contributed by atoms with Crippen molar-refractivity contribution in [2.45, 2.75) is 89.9 Å². The van der Waals surface area contributed by atoms with Gasteiger partial charge < -0.3 is 17.7 Å². The largest absolute Gasteiger partial charge is 0.437 e. The van der Waals surface area contributed by atoms with Crippen LogP contribution in [0.5, 0.6) is 0 Å². The Morgan fingerprint density at radius 1 is 0.710 bits per heavy atom. The zero-order chi connectivity index (χ0) is 23.4. The molecule has 0 saturated carbocycles. The molecule has 31 heavy (non-hydrogen) atoms. The predicted molar refractivity (Wildman–Crippen MR) is 121 cm³/mol. The van der Waals surface area contributed by atoms with Gasteiger partial charge in [0.15, 0.2) is 16.6 Å². The molecule has 2 atom stereocenters. The molecule has 0 aromatic carbocycles. The molecule has 2 aliphatic rings. The van der Waals surface area contributed by atoms with Crippen molar-refractivity contribution in [1.82, 2.24) is 0 Å². The summed E-state index contributed by atoms with van der Waals surface area (Å²) in [6.45, 7) is 12.8. The third-order valence-corrected chi connectivity index (χ3v) is 17.1. The maximum absolute atomic E-state index is 11.6. The number of rotatable bonds is 12. The molecule has 0 N–H and O–H groups in total. The van der Waals surface area contributed by atoms with Crippen LogP contribution in [0.4, 0.5) is 0 Å². The molecule has 2 aliphatic heterocycles. The van der Waals surface area contributed by atoms with Crippen LogP contribution in [0.3, 0.4) is 0 Å². The lowest BCUT2D eigenvalue weighted by atomic mass is 10.0. The summed E-state index contributed by atoms with van der Waals surface area (Å²) < 4.78 is 22.4. The van der Waals surface area contributed by atoms with Crippen molar-refractivity contribution in [2.75, 3.05) is 0 Å². The number of carbonyl (C=O) groups is 4. The van der Waals surface area contributed by atoms with Crippen LogP contribution < -0.4 is 0 Å². The zero-order valence-corrected chi connectivity index (χ0v) is 22.6. The third-order valence-electron chi connectivity index (χ3n) is 5.63. The van der Waals surface area contributed by atoms with Crippen molar-refractivity contribution >= 4 is 49.1 Å². The molecule has 2 rings (SSSR count). The van der Waals surface area contributed by atoms with Gasteiger partial charge >= 0.3 is 32.4 Å². The smallest absolute Gasteiger partial charge is 0.317 e. The summed E-state index contributed by atoms with van der Waals surface area (Å²) in [7, 11) is -6.35. The van der Waals surface area contributed by atoms with Crippen LogP contribution in [-0.2, 0) is 36.9 Å². The van der Waals surface area contributed by atoms with E-state index in [1.54, 1.807) is 0 Å². The normalized spacial score (nSPS) is 22.8. The maximum atomic E-state index is 11.6. The van der Waals surface area contributed by atoms with E-state index in [2.05, 4.69) is 48.8 Å². The van der Waals surface area contributed by atoms with Gasteiger partial charge in [-0.05, 0) is 64.2 Å². The lowest BCUT2D eigenvalue weighted by molar-refractivity contribution is -0.155. The molecule has 2 heterocycles. The quantitative estimate of drug-likeness (QED) is 0.232. The zero-order valence-electron chi connectivity index (χ0n) is 19.6. The monoisotopic (exact) mass is 488 g/mol. The molecule has 11 heteroatoms. The molecule has 0 radical (unpaired) electrons. The number of esters is 4. The van der Waals surface area contributed by atoms with Crippen molar-refractivity contribution in [3.63, 3.8) is 0 Å². The van der Waals surface area contributed by atoms with Gasteiger partial charge in [0.05, 0.1) is 24.7 Å². The predicted octanol–water partition coefficient (Wildman–Crippen LogP) is 3.87. The summed E-state index contributed by atoms with van der Waals surface area (Å²) >= 11 is 0. The van der Waals surface area contributed by atoms with Crippen LogP contribution >= 0.6 is 0 Å². The summed E-state index contributed by atoms with van der Waals surface area (Å²) in [6.07, 6.45) is 3.34. The average Bonchev–Trinajstić information content (AvgIpc) is 3.05. The van der Waals surface area contributed by atoms with Gasteiger partial charge in [-0.2, -0.15) is 0 Å². The van der Waals surface area contributed by atoms with E-state index in [1.807, 2.05) is 0 Å². The fraction of sp³-hybridized carbons (Fsp3) is 0.800. The van der Waals surface area contributed by atoms with Gasteiger partial charge in [-0.15, -0.1) is 0 Å². The fourth-order valence-electron chi connectivity index (χ4n) is 4.49. The highest BCUT2D eigenvalue weighted by atomic mass is 28.5. The van der Waals surface area contributed by atoms with Crippen molar-refractivity contribution < 1.29 is 36.9 Å². The van der Waals surface area contributed by atoms with Gasteiger partial charge in [0.1, 0.15) is 0 Å². The first-order valence-corrected chi connectivity index (χ1v) is 20.1. The lowest BCUT2D eigenvalue weighted by Crippen LogP contribution is -2.52. The van der Waals surface area contributed by atoms with E-state index in [4.69, 9.17) is 8.23 Å². The highest BCUT2D eigenvalue weighted by Crippen LogP contribution is 2.30. The summed E-state index contributed by atoms with van der Waals surface area (Å²) in [5, 5.41) is 0. The number of cyclic esters (lactones) is 4. The first-order chi connectivity index (χ1) is 14.2. The van der Waals surface area contributed by atoms with Crippen LogP contribution in [-0.4, -0.2) is 49.1 Å². The topological polar surface area (TPSA) is 105 Å². The van der Waals surface area contributed by atoms with Gasteiger partial charge in [-0.25, -0.2) is 0 Å². The molecule has 0 spiro atoms. The highest BCUT2D eigenvalue weighted by Gasteiger charge is 2.40. The molecule has 0 bridgehead atoms. The Bertz CT molecular complexity index is 661. The molecule has 0 aromatic heterocycles. The van der Waals surface area contributed by atoms with Crippen LogP contribution in [0.25, 0.3) is 0 Å². The van der Waals surface area contributed by atoms with E-state index in [1.165, 1.54) is 0 Å². The second kappa shape index (κ2) is 10.2. The maximum Gasteiger partial charge on any atom is 0.317 e. The Balaban J connectivity index is 1.75. The molecule has 0 aromatic rings. The Hall–Kier alpha value is -1.15. The molecule has 2 fully saturated rings. The number of hydrogen-bond donors (Lipinski definition) is 0. The van der Waals surface area contributed by atoms with Gasteiger partial charge in [0.2, 0.25) is 0 Å². The Kier molecular flexibility index (Phi) is 8.59. The molecule has 8 nitrogen and oxygen atoms in total. The minimum atomic E-state index is -2.35. The van der Waals surface area contributed by atoms with Crippen LogP contribution in [0.15, 0.2) is 0 Å². The van der Waals surface area contributed by atoms with E-state index in [0.717, 1.165) is 24.9 Å². The lowest BCUT2D eigenvalue weighted by Gasteiger charge is -2.39. The van der Waals surface area contributed by atoms with Crippen LogP contribution in [0.2, 0.25) is 51.4 Å². The molecule has 2 unspecified atom stereocenters. The SMILES string of the molecule is C[Si](C)(CCCC1CC(=O)OC1=O)O[Si](C)(C)O[Si](C)(C)CCCC1CC(=O)OC1=O. The summed E-state index contributed by atoms with van der Waals surface area (Å²) in [5.74, 6) is -2.25. The number of hydrogen-bond acceptors (Lipinski definition) is 8. The highest BCUT2D eigenvalue weighted by molar-refractivity contribution is 6.87. The Morgan fingerprint density at radius 2 is 1.06 bits per heavy atom. The van der Waals surface area contributed by atoms with E-state index in [-0.39, 0.29) is 24.7 Å². The summed E-state index contributed by atoms with van der Waals surface area (Å²) in [5.41, 5.74) is 0. The van der Waals surface area contributed by atoms with E-state index >= 15 is 0 Å². The second-order valence-electron chi connectivity index (χ2n) is 10.3. The van der Waals surface area contributed by atoms with Gasteiger partial charge in [0, 0.05) is 0 Å². The standard InChI is InChI=1S/C20H36O8Si3/c1-29(2,11-7-9-15-13-17(21)25-19(15)23)27-31(5,6)28-30(3,4)12-8-10-16-14-18(22)26-20(16)24/h15-16H,7-14H2,1-6H3. The van der Waals surface area contributed by atoms with Gasteiger partial charge in [-0.1, -0.05) is 12.8 Å². The molecular formula is C20H36O8Si3. The summed E-state index contributed by atoms with van der Waals surface area (Å²) in [4.78, 5) is 45.7. The molecule has 0 aliphatic carbocycles. The van der Waals surface area contributed by atoms with E-state index < -0.39 is 49.1 Å². The van der Waals surface area contributed by atoms with Gasteiger partial charge in [-0.3, -0.25) is 19.2 Å². The third kappa shape index (κ3) is 8.72.